The Morgan fingerprint density at radius 2 is 2.00 bits per heavy atom. The van der Waals surface area contributed by atoms with Gasteiger partial charge in [0, 0.05) is 37.3 Å². The van der Waals surface area contributed by atoms with Crippen LogP contribution in [0.15, 0.2) is 60.8 Å². The third-order valence-corrected chi connectivity index (χ3v) is 5.10. The van der Waals surface area contributed by atoms with Crippen molar-refractivity contribution in [3.63, 3.8) is 0 Å². The second-order valence-corrected chi connectivity index (χ2v) is 7.24. The summed E-state index contributed by atoms with van der Waals surface area (Å²) < 4.78 is 1.73. The van der Waals surface area contributed by atoms with Gasteiger partial charge < -0.3 is 15.7 Å². The Morgan fingerprint density at radius 1 is 1.21 bits per heavy atom. The molecule has 2 aromatic carbocycles. The average Bonchev–Trinajstić information content (AvgIpc) is 3.33. The number of aliphatic hydroxyl groups excluding tert-OH is 1. The van der Waals surface area contributed by atoms with Crippen LogP contribution in [-0.2, 0) is 0 Å². The largest absolute Gasteiger partial charge is 0.391 e. The van der Waals surface area contributed by atoms with Crippen LogP contribution in [0.2, 0.25) is 0 Å². The number of halogens is 1. The maximum Gasteiger partial charge on any atom is 0.255 e. The summed E-state index contributed by atoms with van der Waals surface area (Å²) in [7, 11) is 0. The molecule has 2 unspecified atom stereocenters. The summed E-state index contributed by atoms with van der Waals surface area (Å²) in [4.78, 5) is 13.0. The van der Waals surface area contributed by atoms with Crippen LogP contribution in [0.25, 0.3) is 16.9 Å². The van der Waals surface area contributed by atoms with E-state index in [1.54, 1.807) is 10.9 Å². The van der Waals surface area contributed by atoms with Crippen molar-refractivity contribution in [2.45, 2.75) is 13.0 Å². The van der Waals surface area contributed by atoms with E-state index in [0.717, 1.165) is 16.8 Å². The molecule has 0 radical (unpaired) electrons. The summed E-state index contributed by atoms with van der Waals surface area (Å²) in [5.41, 5.74) is 4.08. The number of amides is 1. The number of hydrogen-bond acceptors (Lipinski definition) is 4. The van der Waals surface area contributed by atoms with Crippen LogP contribution in [0.3, 0.4) is 0 Å². The van der Waals surface area contributed by atoms with Gasteiger partial charge in [-0.25, -0.2) is 4.68 Å². The molecule has 1 saturated heterocycles. The maximum atomic E-state index is 13.0. The SMILES string of the molecule is Cc1cccc(-c2nn(-c3ccccc3)cc2C(=O)NCC2CNCC2O)c1.Cl. The summed E-state index contributed by atoms with van der Waals surface area (Å²) in [6.07, 6.45) is 1.34. The Bertz CT molecular complexity index is 974. The lowest BCUT2D eigenvalue weighted by atomic mass is 10.0. The van der Waals surface area contributed by atoms with Gasteiger partial charge in [-0.05, 0) is 25.1 Å². The van der Waals surface area contributed by atoms with Gasteiger partial charge in [0.2, 0.25) is 0 Å². The number of hydrogen-bond donors (Lipinski definition) is 3. The summed E-state index contributed by atoms with van der Waals surface area (Å²) >= 11 is 0. The van der Waals surface area contributed by atoms with Crippen molar-refractivity contribution >= 4 is 18.3 Å². The van der Waals surface area contributed by atoms with E-state index in [4.69, 9.17) is 5.10 Å². The number of nitrogens with one attached hydrogen (secondary N) is 2. The normalized spacial score (nSPS) is 18.3. The Labute approximate surface area is 176 Å². The number of benzene rings is 2. The number of aliphatic hydroxyl groups is 1. The zero-order chi connectivity index (χ0) is 19.5. The summed E-state index contributed by atoms with van der Waals surface area (Å²) in [5.74, 6) is -0.159. The highest BCUT2D eigenvalue weighted by molar-refractivity contribution is 6.00. The standard InChI is InChI=1S/C22H24N4O2.ClH/c1-15-6-5-7-16(10-15)21-19(14-26(25-21)18-8-3-2-4-9-18)22(28)24-12-17-11-23-13-20(17)27;/h2-10,14,17,20,23,27H,11-13H2,1H3,(H,24,28);1H. The maximum absolute atomic E-state index is 13.0. The molecule has 29 heavy (non-hydrogen) atoms. The van der Waals surface area contributed by atoms with Gasteiger partial charge in [-0.1, -0.05) is 42.0 Å². The Hall–Kier alpha value is -2.67. The highest BCUT2D eigenvalue weighted by Crippen LogP contribution is 2.25. The predicted octanol–water partition coefficient (Wildman–Crippen LogP) is 2.58. The van der Waals surface area contributed by atoms with E-state index < -0.39 is 6.10 Å². The van der Waals surface area contributed by atoms with Gasteiger partial charge >= 0.3 is 0 Å². The van der Waals surface area contributed by atoms with Crippen LogP contribution in [0, 0.1) is 12.8 Å². The topological polar surface area (TPSA) is 79.2 Å². The Balaban J connectivity index is 0.00000240. The number of carbonyl (C=O) groups is 1. The number of rotatable bonds is 5. The molecule has 1 aromatic heterocycles. The fraction of sp³-hybridized carbons (Fsp3) is 0.273. The molecule has 0 saturated carbocycles. The molecule has 1 aliphatic rings. The minimum Gasteiger partial charge on any atom is -0.391 e. The van der Waals surface area contributed by atoms with E-state index in [-0.39, 0.29) is 24.2 Å². The minimum atomic E-state index is -0.427. The lowest BCUT2D eigenvalue weighted by Gasteiger charge is -2.14. The van der Waals surface area contributed by atoms with Gasteiger partial charge in [0.05, 0.1) is 17.4 Å². The van der Waals surface area contributed by atoms with E-state index in [1.807, 2.05) is 61.5 Å². The van der Waals surface area contributed by atoms with E-state index in [0.29, 0.717) is 30.9 Å². The minimum absolute atomic E-state index is 0. The van der Waals surface area contributed by atoms with Crippen molar-refractivity contribution in [1.82, 2.24) is 20.4 Å². The third kappa shape index (κ3) is 4.67. The smallest absolute Gasteiger partial charge is 0.255 e. The zero-order valence-electron chi connectivity index (χ0n) is 16.2. The number of β-amino-alcohol motifs (C(OH)–C–C–N with tert-alkyl or cyclic N) is 1. The van der Waals surface area contributed by atoms with Gasteiger partial charge in [0.15, 0.2) is 0 Å². The molecule has 4 rings (SSSR count). The number of carbonyl (C=O) groups excluding carboxylic acids is 1. The van der Waals surface area contributed by atoms with Crippen molar-refractivity contribution in [2.24, 2.45) is 5.92 Å². The fourth-order valence-corrected chi connectivity index (χ4v) is 3.51. The summed E-state index contributed by atoms with van der Waals surface area (Å²) in [5, 5.41) is 20.8. The van der Waals surface area contributed by atoms with Crippen LogP contribution < -0.4 is 10.6 Å². The molecular formula is C22H25ClN4O2. The number of para-hydroxylation sites is 1. The van der Waals surface area contributed by atoms with Crippen molar-refractivity contribution in [3.8, 4) is 16.9 Å². The molecule has 3 aromatic rings. The molecule has 0 bridgehead atoms. The predicted molar refractivity (Wildman–Crippen MR) is 116 cm³/mol. The number of aryl methyl sites for hydroxylation is 1. The molecule has 2 atom stereocenters. The van der Waals surface area contributed by atoms with Gasteiger partial charge in [0.25, 0.3) is 5.91 Å². The molecular weight excluding hydrogens is 388 g/mol. The highest BCUT2D eigenvalue weighted by Gasteiger charge is 2.26. The third-order valence-electron chi connectivity index (χ3n) is 5.10. The molecule has 7 heteroatoms. The van der Waals surface area contributed by atoms with Crippen LogP contribution >= 0.6 is 12.4 Å². The fourth-order valence-electron chi connectivity index (χ4n) is 3.51. The first-order valence-electron chi connectivity index (χ1n) is 9.51. The average molecular weight is 413 g/mol. The van der Waals surface area contributed by atoms with Crippen molar-refractivity contribution in [3.05, 3.63) is 71.9 Å². The first kappa shape index (κ1) is 21.0. The quantitative estimate of drug-likeness (QED) is 0.601. The van der Waals surface area contributed by atoms with Crippen LogP contribution in [0.5, 0.6) is 0 Å². The van der Waals surface area contributed by atoms with Crippen LogP contribution in [-0.4, -0.2) is 46.5 Å². The summed E-state index contributed by atoms with van der Waals surface area (Å²) in [6.45, 7) is 3.72. The molecule has 0 spiro atoms. The highest BCUT2D eigenvalue weighted by atomic mass is 35.5. The molecule has 0 aliphatic carbocycles. The second kappa shape index (κ2) is 9.22. The van der Waals surface area contributed by atoms with Crippen molar-refractivity contribution in [1.29, 1.82) is 0 Å². The van der Waals surface area contributed by atoms with Crippen LogP contribution in [0.1, 0.15) is 15.9 Å². The van der Waals surface area contributed by atoms with Gasteiger partial charge in [-0.3, -0.25) is 4.79 Å². The van der Waals surface area contributed by atoms with E-state index in [1.165, 1.54) is 0 Å². The first-order valence-corrected chi connectivity index (χ1v) is 9.51. The zero-order valence-corrected chi connectivity index (χ0v) is 17.0. The van der Waals surface area contributed by atoms with Gasteiger partial charge in [0.1, 0.15) is 5.69 Å². The molecule has 152 valence electrons. The monoisotopic (exact) mass is 412 g/mol. The molecule has 1 aliphatic heterocycles. The summed E-state index contributed by atoms with van der Waals surface area (Å²) in [6, 6.07) is 17.7. The first-order chi connectivity index (χ1) is 13.6. The van der Waals surface area contributed by atoms with Gasteiger partial charge in [-0.2, -0.15) is 5.10 Å². The van der Waals surface area contributed by atoms with Crippen LogP contribution in [0.4, 0.5) is 0 Å². The lowest BCUT2D eigenvalue weighted by Crippen LogP contribution is -2.34. The van der Waals surface area contributed by atoms with Crippen molar-refractivity contribution < 1.29 is 9.90 Å². The van der Waals surface area contributed by atoms with Gasteiger partial charge in [-0.15, -0.1) is 12.4 Å². The molecule has 3 N–H and O–H groups in total. The number of aromatic nitrogens is 2. The van der Waals surface area contributed by atoms with Crippen molar-refractivity contribution in [2.75, 3.05) is 19.6 Å². The molecule has 6 nitrogen and oxygen atoms in total. The molecule has 2 heterocycles. The number of nitrogens with zero attached hydrogens (tertiary/aromatic N) is 2. The van der Waals surface area contributed by atoms with E-state index in [9.17, 15) is 9.90 Å². The Kier molecular flexibility index (Phi) is 6.69. The van der Waals surface area contributed by atoms with E-state index >= 15 is 0 Å². The molecule has 1 fully saturated rings. The molecule has 1 amide bonds. The van der Waals surface area contributed by atoms with E-state index in [2.05, 4.69) is 10.6 Å². The second-order valence-electron chi connectivity index (χ2n) is 7.24. The Morgan fingerprint density at radius 3 is 2.69 bits per heavy atom. The lowest BCUT2D eigenvalue weighted by molar-refractivity contribution is 0.0927.